The van der Waals surface area contributed by atoms with Gasteiger partial charge in [-0.15, -0.1) is 0 Å². The Balaban J connectivity index is 1.49. The van der Waals surface area contributed by atoms with Crippen molar-refractivity contribution in [3.05, 3.63) is 58.4 Å². The number of nitrogens with one attached hydrogen (secondary N) is 2. The van der Waals surface area contributed by atoms with Gasteiger partial charge in [0.25, 0.3) is 11.5 Å². The quantitative estimate of drug-likeness (QED) is 0.748. The fourth-order valence-electron chi connectivity index (χ4n) is 3.01. The Kier molecular flexibility index (Phi) is 5.85. The molecule has 1 aliphatic rings. The molecule has 1 aromatic heterocycles. The monoisotopic (exact) mass is 356 g/mol. The number of aromatic nitrogens is 1. The van der Waals surface area contributed by atoms with E-state index in [0.717, 1.165) is 24.8 Å². The Hall–Kier alpha value is -2.44. The summed E-state index contributed by atoms with van der Waals surface area (Å²) < 4.78 is 11.1. The molecule has 6 heteroatoms. The van der Waals surface area contributed by atoms with Gasteiger partial charge in [-0.3, -0.25) is 9.59 Å². The summed E-state index contributed by atoms with van der Waals surface area (Å²) >= 11 is 0. The van der Waals surface area contributed by atoms with E-state index in [-0.39, 0.29) is 17.0 Å². The molecule has 1 amide bonds. The zero-order valence-electron chi connectivity index (χ0n) is 14.9. The van der Waals surface area contributed by atoms with Crippen molar-refractivity contribution in [2.45, 2.75) is 32.0 Å². The van der Waals surface area contributed by atoms with Crippen LogP contribution in [0.1, 0.15) is 36.5 Å². The lowest BCUT2D eigenvalue weighted by molar-refractivity contribution is -0.147. The first-order chi connectivity index (χ1) is 12.6. The lowest BCUT2D eigenvalue weighted by Gasteiger charge is -2.21. The van der Waals surface area contributed by atoms with Gasteiger partial charge in [-0.2, -0.15) is 0 Å². The van der Waals surface area contributed by atoms with Gasteiger partial charge in [0.2, 0.25) is 0 Å². The van der Waals surface area contributed by atoms with E-state index in [0.29, 0.717) is 25.5 Å². The highest BCUT2D eigenvalue weighted by atomic mass is 16.7. The summed E-state index contributed by atoms with van der Waals surface area (Å²) in [5, 5.41) is 2.80. The molecule has 6 nitrogen and oxygen atoms in total. The summed E-state index contributed by atoms with van der Waals surface area (Å²) in [5.74, 6) is -0.848. The molecule has 0 radical (unpaired) electrons. The molecule has 1 aromatic carbocycles. The van der Waals surface area contributed by atoms with E-state index < -0.39 is 5.79 Å². The standard InChI is InChI=1S/C20H24N2O4/c1-20(25-13-14-26-20)11-5-6-12-21-18(23)16-9-10-17(22-19(16)24)15-7-3-2-4-8-15/h2-4,7-10H,5-6,11-14H2,1H3,(H,21,23)(H,22,24). The van der Waals surface area contributed by atoms with E-state index in [9.17, 15) is 9.59 Å². The number of pyridine rings is 1. The summed E-state index contributed by atoms with van der Waals surface area (Å²) in [7, 11) is 0. The van der Waals surface area contributed by atoms with Crippen molar-refractivity contribution >= 4 is 5.91 Å². The van der Waals surface area contributed by atoms with Crippen molar-refractivity contribution in [1.29, 1.82) is 0 Å². The van der Waals surface area contributed by atoms with Crippen LogP contribution >= 0.6 is 0 Å². The van der Waals surface area contributed by atoms with Crippen molar-refractivity contribution < 1.29 is 14.3 Å². The molecule has 2 N–H and O–H groups in total. The van der Waals surface area contributed by atoms with Gasteiger partial charge in [-0.05, 0) is 37.5 Å². The van der Waals surface area contributed by atoms with Gasteiger partial charge < -0.3 is 19.8 Å². The van der Waals surface area contributed by atoms with Gasteiger partial charge in [0, 0.05) is 18.7 Å². The molecule has 0 unspecified atom stereocenters. The number of benzene rings is 1. The van der Waals surface area contributed by atoms with Crippen molar-refractivity contribution in [3.8, 4) is 11.3 Å². The smallest absolute Gasteiger partial charge is 0.261 e. The summed E-state index contributed by atoms with van der Waals surface area (Å²) in [6, 6.07) is 12.8. The number of aromatic amines is 1. The number of hydrogen-bond donors (Lipinski definition) is 2. The van der Waals surface area contributed by atoms with Crippen LogP contribution in [0.2, 0.25) is 0 Å². The first kappa shape index (κ1) is 18.4. The predicted molar refractivity (Wildman–Crippen MR) is 99.0 cm³/mol. The highest BCUT2D eigenvalue weighted by Gasteiger charge is 2.29. The second kappa shape index (κ2) is 8.29. The van der Waals surface area contributed by atoms with Crippen LogP contribution in [0.4, 0.5) is 0 Å². The minimum Gasteiger partial charge on any atom is -0.352 e. The topological polar surface area (TPSA) is 80.4 Å². The number of amides is 1. The molecule has 0 spiro atoms. The molecule has 2 heterocycles. The minimum atomic E-state index is -0.492. The van der Waals surface area contributed by atoms with Crippen LogP contribution in [0.15, 0.2) is 47.3 Å². The van der Waals surface area contributed by atoms with E-state index in [2.05, 4.69) is 10.3 Å². The SMILES string of the molecule is CC1(CCCCNC(=O)c2ccc(-c3ccccc3)[nH]c2=O)OCCO1. The fraction of sp³-hybridized carbons (Fsp3) is 0.400. The molecule has 1 fully saturated rings. The maximum absolute atomic E-state index is 12.2. The largest absolute Gasteiger partial charge is 0.352 e. The lowest BCUT2D eigenvalue weighted by Crippen LogP contribution is -2.31. The number of carbonyl (C=O) groups excluding carboxylic acids is 1. The number of ether oxygens (including phenoxy) is 2. The van der Waals surface area contributed by atoms with Crippen LogP contribution in [-0.4, -0.2) is 36.4 Å². The predicted octanol–water partition coefficient (Wildman–Crippen LogP) is 2.71. The van der Waals surface area contributed by atoms with Crippen molar-refractivity contribution in [1.82, 2.24) is 10.3 Å². The number of unbranched alkanes of at least 4 members (excludes halogenated alkanes) is 1. The molecule has 3 rings (SSSR count). The molecule has 1 saturated heterocycles. The summed E-state index contributed by atoms with van der Waals surface area (Å²) in [6.45, 7) is 3.71. The third kappa shape index (κ3) is 4.59. The highest BCUT2D eigenvalue weighted by molar-refractivity contribution is 5.94. The van der Waals surface area contributed by atoms with Crippen molar-refractivity contribution in [2.75, 3.05) is 19.8 Å². The first-order valence-electron chi connectivity index (χ1n) is 8.92. The van der Waals surface area contributed by atoms with Crippen molar-refractivity contribution in [3.63, 3.8) is 0 Å². The third-order valence-electron chi connectivity index (χ3n) is 4.48. The third-order valence-corrected chi connectivity index (χ3v) is 4.48. The second-order valence-corrected chi connectivity index (χ2v) is 6.52. The summed E-state index contributed by atoms with van der Waals surface area (Å²) in [4.78, 5) is 27.2. The average Bonchev–Trinajstić information content (AvgIpc) is 3.08. The van der Waals surface area contributed by atoms with Crippen LogP contribution < -0.4 is 10.9 Å². The molecule has 0 aliphatic carbocycles. The maximum atomic E-state index is 12.2. The molecule has 2 aromatic rings. The van der Waals surface area contributed by atoms with Crippen LogP contribution in [0, 0.1) is 0 Å². The molecule has 26 heavy (non-hydrogen) atoms. The Morgan fingerprint density at radius 1 is 1.12 bits per heavy atom. The first-order valence-corrected chi connectivity index (χ1v) is 8.92. The lowest BCUT2D eigenvalue weighted by atomic mass is 10.1. The zero-order chi connectivity index (χ0) is 18.4. The van der Waals surface area contributed by atoms with Crippen LogP contribution in [0.25, 0.3) is 11.3 Å². The second-order valence-electron chi connectivity index (χ2n) is 6.52. The zero-order valence-corrected chi connectivity index (χ0v) is 14.9. The van der Waals surface area contributed by atoms with Crippen LogP contribution in [0.3, 0.4) is 0 Å². The molecule has 0 bridgehead atoms. The summed E-state index contributed by atoms with van der Waals surface area (Å²) in [5.41, 5.74) is 1.33. The van der Waals surface area contributed by atoms with Crippen LogP contribution in [-0.2, 0) is 9.47 Å². The van der Waals surface area contributed by atoms with E-state index >= 15 is 0 Å². The molecule has 1 aliphatic heterocycles. The molecular formula is C20H24N2O4. The number of H-pyrrole nitrogens is 1. The highest BCUT2D eigenvalue weighted by Crippen LogP contribution is 2.24. The van der Waals surface area contributed by atoms with Gasteiger partial charge in [0.05, 0.1) is 13.2 Å². The van der Waals surface area contributed by atoms with Gasteiger partial charge in [0.1, 0.15) is 5.56 Å². The van der Waals surface area contributed by atoms with Gasteiger partial charge in [0.15, 0.2) is 5.79 Å². The number of carbonyl (C=O) groups is 1. The Labute approximate surface area is 152 Å². The minimum absolute atomic E-state index is 0.124. The van der Waals surface area contributed by atoms with E-state index in [1.165, 1.54) is 0 Å². The van der Waals surface area contributed by atoms with E-state index in [4.69, 9.17) is 9.47 Å². The molecule has 138 valence electrons. The average molecular weight is 356 g/mol. The van der Waals surface area contributed by atoms with Gasteiger partial charge in [-0.1, -0.05) is 30.3 Å². The Bertz CT molecular complexity index is 795. The van der Waals surface area contributed by atoms with Gasteiger partial charge in [-0.25, -0.2) is 0 Å². The summed E-state index contributed by atoms with van der Waals surface area (Å²) in [6.07, 6.45) is 2.46. The molecule has 0 saturated carbocycles. The molecular weight excluding hydrogens is 332 g/mol. The van der Waals surface area contributed by atoms with E-state index in [1.807, 2.05) is 37.3 Å². The fourth-order valence-corrected chi connectivity index (χ4v) is 3.01. The Morgan fingerprint density at radius 3 is 2.54 bits per heavy atom. The Morgan fingerprint density at radius 2 is 1.85 bits per heavy atom. The van der Waals surface area contributed by atoms with Crippen LogP contribution in [0.5, 0.6) is 0 Å². The van der Waals surface area contributed by atoms with E-state index in [1.54, 1.807) is 12.1 Å². The normalized spacial score (nSPS) is 15.7. The van der Waals surface area contributed by atoms with Crippen molar-refractivity contribution in [2.24, 2.45) is 0 Å². The molecule has 0 atom stereocenters. The number of hydrogen-bond acceptors (Lipinski definition) is 4. The van der Waals surface area contributed by atoms with Gasteiger partial charge >= 0.3 is 0 Å². The maximum Gasteiger partial charge on any atom is 0.261 e. The number of rotatable bonds is 7.